The van der Waals surface area contributed by atoms with E-state index < -0.39 is 5.69 Å². The van der Waals surface area contributed by atoms with Crippen molar-refractivity contribution in [3.05, 3.63) is 74.7 Å². The van der Waals surface area contributed by atoms with Crippen molar-refractivity contribution in [1.29, 1.82) is 0 Å². The molecule has 0 aliphatic heterocycles. The fraction of sp³-hybridized carbons (Fsp3) is 0.250. The van der Waals surface area contributed by atoms with Crippen LogP contribution in [0, 0.1) is 13.8 Å². The van der Waals surface area contributed by atoms with Crippen LogP contribution in [0.25, 0.3) is 22.6 Å². The van der Waals surface area contributed by atoms with Crippen LogP contribution in [0.5, 0.6) is 0 Å². The van der Waals surface area contributed by atoms with Crippen LogP contribution < -0.4 is 11.2 Å². The summed E-state index contributed by atoms with van der Waals surface area (Å²) in [4.78, 5) is 30.3. The highest BCUT2D eigenvalue weighted by Crippen LogP contribution is 2.21. The Bertz CT molecular complexity index is 1330. The zero-order valence-electron chi connectivity index (χ0n) is 15.9. The van der Waals surface area contributed by atoms with Gasteiger partial charge in [-0.25, -0.2) is 4.79 Å². The first kappa shape index (κ1) is 17.1. The lowest BCUT2D eigenvalue weighted by atomic mass is 10.2. The second kappa shape index (κ2) is 5.84. The Labute approximate surface area is 155 Å². The van der Waals surface area contributed by atoms with Crippen LogP contribution in [0.15, 0.2) is 52.2 Å². The van der Waals surface area contributed by atoms with Gasteiger partial charge in [-0.1, -0.05) is 29.8 Å². The van der Waals surface area contributed by atoms with Crippen molar-refractivity contribution in [2.45, 2.75) is 27.3 Å². The van der Waals surface area contributed by atoms with Crippen LogP contribution in [0.4, 0.5) is 0 Å². The molecule has 138 valence electrons. The number of aromatic nitrogens is 5. The lowest BCUT2D eigenvalue weighted by Crippen LogP contribution is -2.39. The average Bonchev–Trinajstić information content (AvgIpc) is 3.12. The van der Waals surface area contributed by atoms with E-state index >= 15 is 0 Å². The normalized spacial score (nSPS) is 11.6. The van der Waals surface area contributed by atoms with Gasteiger partial charge in [-0.15, -0.1) is 0 Å². The molecule has 0 bridgehead atoms. The number of rotatable bonds is 3. The van der Waals surface area contributed by atoms with Crippen LogP contribution >= 0.6 is 0 Å². The third kappa shape index (κ3) is 2.46. The topological polar surface area (TPSA) is 66.2 Å². The smallest absolute Gasteiger partial charge is 0.283 e. The molecule has 4 rings (SSSR count). The summed E-state index contributed by atoms with van der Waals surface area (Å²) in [6.45, 7) is 9.80. The molecule has 0 saturated carbocycles. The predicted octanol–water partition coefficient (Wildman–Crippen LogP) is 2.33. The summed E-state index contributed by atoms with van der Waals surface area (Å²) in [6, 6.07) is 8.09. The van der Waals surface area contributed by atoms with E-state index in [1.54, 1.807) is 18.4 Å². The van der Waals surface area contributed by atoms with Gasteiger partial charge < -0.3 is 0 Å². The van der Waals surface area contributed by atoms with Crippen LogP contribution in [0.2, 0.25) is 0 Å². The molecule has 0 radical (unpaired) electrons. The van der Waals surface area contributed by atoms with Crippen molar-refractivity contribution in [3.63, 3.8) is 0 Å². The van der Waals surface area contributed by atoms with Crippen LogP contribution in [-0.4, -0.2) is 23.1 Å². The minimum absolute atomic E-state index is 0.187. The molecule has 0 aliphatic carbocycles. The fourth-order valence-corrected chi connectivity index (χ4v) is 3.43. The van der Waals surface area contributed by atoms with Crippen molar-refractivity contribution < 1.29 is 0 Å². The van der Waals surface area contributed by atoms with E-state index in [0.29, 0.717) is 16.9 Å². The van der Waals surface area contributed by atoms with Gasteiger partial charge in [0.15, 0.2) is 11.2 Å². The van der Waals surface area contributed by atoms with E-state index in [-0.39, 0.29) is 12.1 Å². The van der Waals surface area contributed by atoms with E-state index in [4.69, 9.17) is 0 Å². The Morgan fingerprint density at radius 3 is 2.44 bits per heavy atom. The summed E-state index contributed by atoms with van der Waals surface area (Å²) in [5, 5.41) is 0. The Morgan fingerprint density at radius 2 is 1.81 bits per heavy atom. The van der Waals surface area contributed by atoms with E-state index in [9.17, 15) is 9.59 Å². The molecule has 0 unspecified atom stereocenters. The molecular formula is C20H21N5O2. The first-order valence-electron chi connectivity index (χ1n) is 8.71. The monoisotopic (exact) mass is 363 g/mol. The van der Waals surface area contributed by atoms with Crippen LogP contribution in [0.1, 0.15) is 18.2 Å². The first-order valence-corrected chi connectivity index (χ1v) is 8.71. The number of imidazole rings is 2. The second-order valence-electron chi connectivity index (χ2n) is 7.09. The van der Waals surface area contributed by atoms with Gasteiger partial charge in [-0.05, 0) is 32.9 Å². The van der Waals surface area contributed by atoms with Gasteiger partial charge >= 0.3 is 5.69 Å². The van der Waals surface area contributed by atoms with Crippen molar-refractivity contribution in [1.82, 2.24) is 23.1 Å². The van der Waals surface area contributed by atoms with Gasteiger partial charge in [0.05, 0.1) is 6.54 Å². The molecule has 0 fully saturated rings. The standard InChI is InChI=1S/C20H21N5O2/c1-12(2)10-24-18(26)16-17(22(5)20(24)27)21-19-23(16)11-14(4)25(19)15-8-6-13(3)7-9-15/h6-9,11H,1,10H2,2-5H3. The Morgan fingerprint density at radius 1 is 1.15 bits per heavy atom. The van der Waals surface area contributed by atoms with Crippen molar-refractivity contribution >= 4 is 16.9 Å². The summed E-state index contributed by atoms with van der Waals surface area (Å²) < 4.78 is 6.37. The van der Waals surface area contributed by atoms with E-state index in [1.807, 2.05) is 48.9 Å². The molecule has 3 aromatic heterocycles. The van der Waals surface area contributed by atoms with Gasteiger partial charge in [-0.2, -0.15) is 4.98 Å². The largest absolute Gasteiger partial charge is 0.332 e. The lowest BCUT2D eigenvalue weighted by Gasteiger charge is -2.07. The van der Waals surface area contributed by atoms with Gasteiger partial charge in [0.2, 0.25) is 5.78 Å². The van der Waals surface area contributed by atoms with Crippen LogP contribution in [0.3, 0.4) is 0 Å². The Hall–Kier alpha value is -3.35. The number of benzene rings is 1. The third-order valence-electron chi connectivity index (χ3n) is 4.75. The van der Waals surface area contributed by atoms with Gasteiger partial charge in [0.1, 0.15) is 0 Å². The maximum atomic E-state index is 13.1. The minimum atomic E-state index is -0.394. The molecule has 0 aliphatic rings. The molecule has 7 heteroatoms. The maximum absolute atomic E-state index is 13.1. The van der Waals surface area contributed by atoms with Gasteiger partial charge in [0, 0.05) is 24.6 Å². The molecule has 4 aromatic rings. The van der Waals surface area contributed by atoms with E-state index in [2.05, 4.69) is 11.6 Å². The molecule has 0 saturated heterocycles. The summed E-state index contributed by atoms with van der Waals surface area (Å²) in [7, 11) is 1.63. The lowest BCUT2D eigenvalue weighted by molar-refractivity contribution is 0.651. The number of allylic oxidation sites excluding steroid dienone is 1. The summed E-state index contributed by atoms with van der Waals surface area (Å²) in [5.41, 5.74) is 3.82. The van der Waals surface area contributed by atoms with Gasteiger partial charge in [0.25, 0.3) is 5.56 Å². The van der Waals surface area contributed by atoms with E-state index in [1.165, 1.54) is 9.13 Å². The van der Waals surface area contributed by atoms with E-state index in [0.717, 1.165) is 22.5 Å². The fourth-order valence-electron chi connectivity index (χ4n) is 3.43. The molecule has 0 N–H and O–H groups in total. The first-order chi connectivity index (χ1) is 12.8. The van der Waals surface area contributed by atoms with Crippen molar-refractivity contribution in [2.75, 3.05) is 0 Å². The molecule has 0 spiro atoms. The quantitative estimate of drug-likeness (QED) is 0.525. The average molecular weight is 363 g/mol. The highest BCUT2D eigenvalue weighted by Gasteiger charge is 2.20. The Kier molecular flexibility index (Phi) is 3.69. The molecule has 7 nitrogen and oxygen atoms in total. The Balaban J connectivity index is 2.12. The van der Waals surface area contributed by atoms with Gasteiger partial charge in [-0.3, -0.25) is 22.9 Å². The number of fused-ring (bicyclic) bond motifs is 3. The zero-order valence-corrected chi connectivity index (χ0v) is 15.9. The summed E-state index contributed by atoms with van der Waals surface area (Å²) in [6.07, 6.45) is 1.88. The molecule has 0 amide bonds. The molecule has 1 aromatic carbocycles. The second-order valence-corrected chi connectivity index (χ2v) is 7.09. The highest BCUT2D eigenvalue weighted by molar-refractivity contribution is 5.76. The number of hydrogen-bond acceptors (Lipinski definition) is 3. The zero-order chi connectivity index (χ0) is 19.5. The maximum Gasteiger partial charge on any atom is 0.332 e. The predicted molar refractivity (Wildman–Crippen MR) is 106 cm³/mol. The number of hydrogen-bond donors (Lipinski definition) is 0. The molecular weight excluding hydrogens is 342 g/mol. The van der Waals surface area contributed by atoms with Crippen LogP contribution in [-0.2, 0) is 13.6 Å². The minimum Gasteiger partial charge on any atom is -0.283 e. The molecule has 3 heterocycles. The number of nitrogens with zero attached hydrogens (tertiary/aromatic N) is 5. The highest BCUT2D eigenvalue weighted by atomic mass is 16.2. The van der Waals surface area contributed by atoms with Crippen molar-refractivity contribution in [3.8, 4) is 5.69 Å². The summed E-state index contributed by atoms with van der Waals surface area (Å²) in [5.74, 6) is 0.603. The van der Waals surface area contributed by atoms with Crippen molar-refractivity contribution in [2.24, 2.45) is 7.05 Å². The number of aryl methyl sites for hydroxylation is 3. The summed E-state index contributed by atoms with van der Waals surface area (Å²) >= 11 is 0. The third-order valence-corrected chi connectivity index (χ3v) is 4.75. The molecule has 0 atom stereocenters. The molecule has 27 heavy (non-hydrogen) atoms. The SMILES string of the molecule is C=C(C)Cn1c(=O)c2c(nc3n(-c4ccc(C)cc4)c(C)cn23)n(C)c1=O.